The molecule has 0 aromatic carbocycles. The first-order valence-electron chi connectivity index (χ1n) is 7.21. The molecule has 22 heavy (non-hydrogen) atoms. The zero-order valence-electron chi connectivity index (χ0n) is 12.3. The van der Waals surface area contributed by atoms with Gasteiger partial charge in [0.1, 0.15) is 6.61 Å². The van der Waals surface area contributed by atoms with Crippen LogP contribution in [0.3, 0.4) is 0 Å². The molecule has 0 atom stereocenters. The second kappa shape index (κ2) is 6.47. The van der Waals surface area contributed by atoms with Crippen molar-refractivity contribution in [3.63, 3.8) is 0 Å². The van der Waals surface area contributed by atoms with Crippen molar-refractivity contribution in [2.24, 2.45) is 5.92 Å². The maximum atomic E-state index is 11.7. The number of nitrogens with zero attached hydrogens (tertiary/aromatic N) is 2. The number of thiophene rings is 1. The van der Waals surface area contributed by atoms with Crippen LogP contribution in [-0.4, -0.2) is 31.4 Å². The van der Waals surface area contributed by atoms with Gasteiger partial charge in [0, 0.05) is 17.0 Å². The second-order valence-electron chi connectivity index (χ2n) is 5.60. The number of hydrogen-bond donors (Lipinski definition) is 0. The van der Waals surface area contributed by atoms with Crippen LogP contribution in [0.15, 0.2) is 20.2 Å². The van der Waals surface area contributed by atoms with Gasteiger partial charge in [-0.1, -0.05) is 18.0 Å². The lowest BCUT2D eigenvalue weighted by Gasteiger charge is -2.07. The van der Waals surface area contributed by atoms with Crippen molar-refractivity contribution in [3.8, 4) is 11.4 Å². The predicted molar refractivity (Wildman–Crippen MR) is 82.3 cm³/mol. The summed E-state index contributed by atoms with van der Waals surface area (Å²) in [5.74, 6) is 1.30. The van der Waals surface area contributed by atoms with Crippen LogP contribution in [0.5, 0.6) is 0 Å². The first kappa shape index (κ1) is 15.6. The van der Waals surface area contributed by atoms with E-state index in [-0.39, 0.29) is 11.5 Å². The van der Waals surface area contributed by atoms with E-state index in [4.69, 9.17) is 9.26 Å². The fourth-order valence-electron chi connectivity index (χ4n) is 2.65. The topological polar surface area (TPSA) is 82.3 Å². The Bertz CT molecular complexity index is 730. The smallest absolute Gasteiger partial charge is 0.252 e. The molecule has 0 saturated heterocycles. The van der Waals surface area contributed by atoms with Crippen molar-refractivity contribution in [2.75, 3.05) is 12.9 Å². The Hall–Kier alpha value is -1.25. The molecule has 6 nitrogen and oxygen atoms in total. The summed E-state index contributed by atoms with van der Waals surface area (Å²) in [6, 6.07) is 0. The molecule has 1 saturated carbocycles. The molecule has 3 rings (SSSR count). The Labute approximate surface area is 133 Å². The first-order valence-corrected chi connectivity index (χ1v) is 10.0. The minimum atomic E-state index is -3.30. The van der Waals surface area contributed by atoms with Gasteiger partial charge in [-0.15, -0.1) is 0 Å². The molecule has 2 aromatic rings. The molecule has 0 amide bonds. The maximum absolute atomic E-state index is 11.7. The van der Waals surface area contributed by atoms with Crippen LogP contribution in [0.4, 0.5) is 0 Å². The van der Waals surface area contributed by atoms with E-state index in [1.165, 1.54) is 43.3 Å². The second-order valence-corrected chi connectivity index (χ2v) is 8.33. The Morgan fingerprint density at radius 1 is 1.36 bits per heavy atom. The first-order chi connectivity index (χ1) is 10.5. The van der Waals surface area contributed by atoms with E-state index in [1.54, 1.807) is 10.8 Å². The summed E-state index contributed by atoms with van der Waals surface area (Å²) in [6.45, 7) is 0.979. The summed E-state index contributed by atoms with van der Waals surface area (Å²) >= 11 is 1.30. The van der Waals surface area contributed by atoms with Gasteiger partial charge < -0.3 is 9.26 Å². The van der Waals surface area contributed by atoms with Gasteiger partial charge in [0.05, 0.1) is 17.1 Å². The monoisotopic (exact) mass is 342 g/mol. The number of rotatable bonds is 6. The Morgan fingerprint density at radius 2 is 2.14 bits per heavy atom. The summed E-state index contributed by atoms with van der Waals surface area (Å²) < 4.78 is 34.2. The summed E-state index contributed by atoms with van der Waals surface area (Å²) in [6.07, 6.45) is 6.18. The predicted octanol–water partition coefficient (Wildman–Crippen LogP) is 2.91. The van der Waals surface area contributed by atoms with Crippen molar-refractivity contribution in [1.82, 2.24) is 10.1 Å². The number of sulfone groups is 1. The Kier molecular flexibility index (Phi) is 4.60. The minimum absolute atomic E-state index is 0.233. The third-order valence-electron chi connectivity index (χ3n) is 3.79. The molecule has 8 heteroatoms. The molecule has 0 bridgehead atoms. The molecule has 1 fully saturated rings. The fraction of sp³-hybridized carbons (Fsp3) is 0.571. The molecule has 0 N–H and O–H groups in total. The van der Waals surface area contributed by atoms with E-state index < -0.39 is 9.84 Å². The van der Waals surface area contributed by atoms with Crippen molar-refractivity contribution in [1.29, 1.82) is 0 Å². The molecular weight excluding hydrogens is 324 g/mol. The molecule has 1 aliphatic carbocycles. The molecule has 0 aliphatic heterocycles. The van der Waals surface area contributed by atoms with E-state index in [9.17, 15) is 8.42 Å². The van der Waals surface area contributed by atoms with Crippen LogP contribution >= 0.6 is 11.3 Å². The third-order valence-corrected chi connectivity index (χ3v) is 5.82. The van der Waals surface area contributed by atoms with Gasteiger partial charge in [0.25, 0.3) is 5.89 Å². The Balaban J connectivity index is 1.65. The summed E-state index contributed by atoms with van der Waals surface area (Å²) in [7, 11) is -3.30. The standard InChI is InChI=1S/C14H18N2O4S2/c1-22(17,18)12-9-21-8-11(12)14-15-13(20-16-14)7-19-6-10-4-2-3-5-10/h8-10H,2-7H2,1H3. The van der Waals surface area contributed by atoms with E-state index in [2.05, 4.69) is 10.1 Å². The van der Waals surface area contributed by atoms with Crippen LogP contribution in [0, 0.1) is 5.92 Å². The molecule has 0 spiro atoms. The van der Waals surface area contributed by atoms with Gasteiger partial charge in [-0.25, -0.2) is 8.42 Å². The van der Waals surface area contributed by atoms with E-state index >= 15 is 0 Å². The van der Waals surface area contributed by atoms with Gasteiger partial charge in [0.2, 0.25) is 5.82 Å². The largest absolute Gasteiger partial charge is 0.371 e. The zero-order valence-corrected chi connectivity index (χ0v) is 14.0. The lowest BCUT2D eigenvalue weighted by atomic mass is 10.1. The van der Waals surface area contributed by atoms with Crippen molar-refractivity contribution < 1.29 is 17.7 Å². The van der Waals surface area contributed by atoms with Crippen molar-refractivity contribution >= 4 is 21.2 Å². The van der Waals surface area contributed by atoms with Crippen molar-refractivity contribution in [3.05, 3.63) is 16.7 Å². The van der Waals surface area contributed by atoms with Gasteiger partial charge in [-0.05, 0) is 18.8 Å². The van der Waals surface area contributed by atoms with Crippen LogP contribution in [0.1, 0.15) is 31.6 Å². The average molecular weight is 342 g/mol. The highest BCUT2D eigenvalue weighted by molar-refractivity contribution is 7.91. The number of aromatic nitrogens is 2. The summed E-state index contributed by atoms with van der Waals surface area (Å²) in [4.78, 5) is 4.46. The average Bonchev–Trinajstić information content (AvgIpc) is 3.19. The maximum Gasteiger partial charge on any atom is 0.252 e. The van der Waals surface area contributed by atoms with Gasteiger partial charge in [-0.2, -0.15) is 16.3 Å². The zero-order chi connectivity index (χ0) is 15.6. The summed E-state index contributed by atoms with van der Waals surface area (Å²) in [5, 5.41) is 7.15. The van der Waals surface area contributed by atoms with Crippen LogP contribution in [0.2, 0.25) is 0 Å². The fourth-order valence-corrected chi connectivity index (χ4v) is 4.83. The molecule has 120 valence electrons. The molecule has 2 heterocycles. The normalized spacial score (nSPS) is 16.4. The number of ether oxygens (including phenoxy) is 1. The van der Waals surface area contributed by atoms with E-state index in [0.29, 0.717) is 29.8 Å². The van der Waals surface area contributed by atoms with Crippen LogP contribution in [-0.2, 0) is 21.2 Å². The molecule has 2 aromatic heterocycles. The summed E-state index contributed by atoms with van der Waals surface area (Å²) in [5.41, 5.74) is 0.485. The highest BCUT2D eigenvalue weighted by atomic mass is 32.2. The number of hydrogen-bond acceptors (Lipinski definition) is 7. The highest BCUT2D eigenvalue weighted by Gasteiger charge is 2.20. The Morgan fingerprint density at radius 3 is 2.86 bits per heavy atom. The quantitative estimate of drug-likeness (QED) is 0.803. The lowest BCUT2D eigenvalue weighted by molar-refractivity contribution is 0.0706. The van der Waals surface area contributed by atoms with E-state index in [1.807, 2.05) is 0 Å². The molecule has 1 aliphatic rings. The van der Waals surface area contributed by atoms with Gasteiger partial charge >= 0.3 is 0 Å². The third kappa shape index (κ3) is 3.56. The SMILES string of the molecule is CS(=O)(=O)c1cscc1-c1noc(COCC2CCCC2)n1. The van der Waals surface area contributed by atoms with Crippen LogP contribution in [0.25, 0.3) is 11.4 Å². The van der Waals surface area contributed by atoms with Gasteiger partial charge in [0.15, 0.2) is 9.84 Å². The van der Waals surface area contributed by atoms with E-state index in [0.717, 1.165) is 0 Å². The van der Waals surface area contributed by atoms with Crippen LogP contribution < -0.4 is 0 Å². The molecular formula is C14H18N2O4S2. The molecule has 0 unspecified atom stereocenters. The van der Waals surface area contributed by atoms with Gasteiger partial charge in [-0.3, -0.25) is 0 Å². The lowest BCUT2D eigenvalue weighted by Crippen LogP contribution is -2.05. The minimum Gasteiger partial charge on any atom is -0.371 e. The highest BCUT2D eigenvalue weighted by Crippen LogP contribution is 2.29. The molecule has 0 radical (unpaired) electrons. The van der Waals surface area contributed by atoms with Crippen molar-refractivity contribution in [2.45, 2.75) is 37.2 Å².